The van der Waals surface area contributed by atoms with Crippen molar-refractivity contribution in [3.05, 3.63) is 35.6 Å². The average Bonchev–Trinajstić information content (AvgIpc) is 2.34. The topological polar surface area (TPSA) is 15.3 Å². The summed E-state index contributed by atoms with van der Waals surface area (Å²) < 4.78 is 13.1. The molecule has 1 aliphatic rings. The third kappa shape index (κ3) is 4.29. The summed E-state index contributed by atoms with van der Waals surface area (Å²) in [6.07, 6.45) is 3.29. The molecule has 0 radical (unpaired) electrons. The van der Waals surface area contributed by atoms with Gasteiger partial charge in [0.1, 0.15) is 5.82 Å². The Balaban J connectivity index is 1.83. The molecule has 2 nitrogen and oxygen atoms in total. The normalized spacial score (nSPS) is 26.3. The van der Waals surface area contributed by atoms with E-state index in [1.165, 1.54) is 18.9 Å². The lowest BCUT2D eigenvalue weighted by molar-refractivity contribution is 0.163. The molecule has 1 heterocycles. The number of nitrogens with zero attached hydrogens (tertiary/aromatic N) is 1. The standard InChI is InChI=1S/C16H25FN2/c1-12(9-14-5-4-6-15(17)11-14)18-16-7-8-19(3)13(2)10-16/h4-6,11-13,16,18H,7-10H2,1-3H3. The fraction of sp³-hybridized carbons (Fsp3) is 0.625. The molecular formula is C16H25FN2. The maximum atomic E-state index is 13.1. The minimum Gasteiger partial charge on any atom is -0.311 e. The molecule has 1 fully saturated rings. The zero-order valence-electron chi connectivity index (χ0n) is 12.2. The number of piperidine rings is 1. The number of hydrogen-bond donors (Lipinski definition) is 1. The fourth-order valence-corrected chi connectivity index (χ4v) is 2.92. The molecule has 1 aliphatic heterocycles. The smallest absolute Gasteiger partial charge is 0.123 e. The average molecular weight is 264 g/mol. The van der Waals surface area contributed by atoms with Gasteiger partial charge >= 0.3 is 0 Å². The lowest BCUT2D eigenvalue weighted by atomic mass is 9.97. The van der Waals surface area contributed by atoms with Crippen LogP contribution in [0.25, 0.3) is 0 Å². The van der Waals surface area contributed by atoms with Crippen LogP contribution in [-0.2, 0) is 6.42 Å². The third-order valence-electron chi connectivity index (χ3n) is 4.16. The van der Waals surface area contributed by atoms with E-state index in [-0.39, 0.29) is 5.82 Å². The summed E-state index contributed by atoms with van der Waals surface area (Å²) in [5.41, 5.74) is 1.07. The van der Waals surface area contributed by atoms with E-state index >= 15 is 0 Å². The molecule has 0 amide bonds. The van der Waals surface area contributed by atoms with Crippen LogP contribution in [0.2, 0.25) is 0 Å². The van der Waals surface area contributed by atoms with Crippen molar-refractivity contribution in [2.24, 2.45) is 0 Å². The van der Waals surface area contributed by atoms with Crippen LogP contribution in [0, 0.1) is 5.82 Å². The summed E-state index contributed by atoms with van der Waals surface area (Å²) in [6, 6.07) is 8.55. The first-order valence-electron chi connectivity index (χ1n) is 7.25. The maximum absolute atomic E-state index is 13.1. The highest BCUT2D eigenvalue weighted by Gasteiger charge is 2.23. The van der Waals surface area contributed by atoms with Gasteiger partial charge in [-0.1, -0.05) is 12.1 Å². The van der Waals surface area contributed by atoms with E-state index in [0.717, 1.165) is 18.5 Å². The van der Waals surface area contributed by atoms with E-state index in [1.807, 2.05) is 6.07 Å². The van der Waals surface area contributed by atoms with Crippen LogP contribution in [0.4, 0.5) is 4.39 Å². The quantitative estimate of drug-likeness (QED) is 0.899. The van der Waals surface area contributed by atoms with Crippen molar-refractivity contribution in [3.63, 3.8) is 0 Å². The first-order valence-corrected chi connectivity index (χ1v) is 7.25. The molecule has 1 N–H and O–H groups in total. The molecule has 0 spiro atoms. The van der Waals surface area contributed by atoms with Crippen LogP contribution in [0.15, 0.2) is 24.3 Å². The number of likely N-dealkylation sites (tertiary alicyclic amines) is 1. The summed E-state index contributed by atoms with van der Waals surface area (Å²) in [5, 5.41) is 3.69. The molecule has 0 saturated carbocycles. The molecule has 1 saturated heterocycles. The monoisotopic (exact) mass is 264 g/mol. The van der Waals surface area contributed by atoms with Gasteiger partial charge in [0, 0.05) is 18.1 Å². The van der Waals surface area contributed by atoms with Gasteiger partial charge < -0.3 is 10.2 Å². The Morgan fingerprint density at radius 1 is 1.47 bits per heavy atom. The highest BCUT2D eigenvalue weighted by molar-refractivity contribution is 5.17. The van der Waals surface area contributed by atoms with Crippen molar-refractivity contribution in [3.8, 4) is 0 Å². The highest BCUT2D eigenvalue weighted by Crippen LogP contribution is 2.16. The Hall–Kier alpha value is -0.930. The van der Waals surface area contributed by atoms with E-state index in [2.05, 4.69) is 31.1 Å². The summed E-state index contributed by atoms with van der Waals surface area (Å²) in [4.78, 5) is 2.41. The summed E-state index contributed by atoms with van der Waals surface area (Å²) in [7, 11) is 2.19. The molecular weight excluding hydrogens is 239 g/mol. The predicted molar refractivity (Wildman–Crippen MR) is 77.8 cm³/mol. The minimum atomic E-state index is -0.141. The molecule has 2 rings (SSSR count). The van der Waals surface area contributed by atoms with E-state index in [0.29, 0.717) is 18.1 Å². The molecule has 3 atom stereocenters. The molecule has 3 heteroatoms. The van der Waals surface area contributed by atoms with Gasteiger partial charge in [0.05, 0.1) is 0 Å². The Bertz CT molecular complexity index is 407. The Kier molecular flexibility index (Phi) is 4.94. The molecule has 0 aliphatic carbocycles. The van der Waals surface area contributed by atoms with E-state index in [1.54, 1.807) is 12.1 Å². The van der Waals surface area contributed by atoms with Crippen molar-refractivity contribution in [2.45, 2.75) is 51.2 Å². The van der Waals surface area contributed by atoms with E-state index < -0.39 is 0 Å². The van der Waals surface area contributed by atoms with Crippen molar-refractivity contribution in [1.29, 1.82) is 0 Å². The number of halogens is 1. The van der Waals surface area contributed by atoms with Gasteiger partial charge in [-0.15, -0.1) is 0 Å². The van der Waals surface area contributed by atoms with Gasteiger partial charge in [-0.05, 0) is 64.4 Å². The molecule has 0 aromatic heterocycles. The van der Waals surface area contributed by atoms with Crippen molar-refractivity contribution >= 4 is 0 Å². The van der Waals surface area contributed by atoms with Crippen LogP contribution in [0.3, 0.4) is 0 Å². The van der Waals surface area contributed by atoms with Gasteiger partial charge in [-0.2, -0.15) is 0 Å². The number of rotatable bonds is 4. The second-order valence-corrected chi connectivity index (χ2v) is 5.95. The first-order chi connectivity index (χ1) is 9.04. The number of hydrogen-bond acceptors (Lipinski definition) is 2. The molecule has 3 unspecified atom stereocenters. The molecule has 0 bridgehead atoms. The highest BCUT2D eigenvalue weighted by atomic mass is 19.1. The Morgan fingerprint density at radius 2 is 2.26 bits per heavy atom. The lowest BCUT2D eigenvalue weighted by Gasteiger charge is -2.36. The zero-order chi connectivity index (χ0) is 13.8. The zero-order valence-corrected chi connectivity index (χ0v) is 12.2. The van der Waals surface area contributed by atoms with Crippen LogP contribution in [-0.4, -0.2) is 36.6 Å². The minimum absolute atomic E-state index is 0.141. The number of benzene rings is 1. The van der Waals surface area contributed by atoms with Gasteiger partial charge in [0.25, 0.3) is 0 Å². The van der Waals surface area contributed by atoms with Gasteiger partial charge in [0.2, 0.25) is 0 Å². The maximum Gasteiger partial charge on any atom is 0.123 e. The van der Waals surface area contributed by atoms with Gasteiger partial charge in [-0.25, -0.2) is 4.39 Å². The van der Waals surface area contributed by atoms with Crippen molar-refractivity contribution in [2.75, 3.05) is 13.6 Å². The van der Waals surface area contributed by atoms with Crippen molar-refractivity contribution in [1.82, 2.24) is 10.2 Å². The largest absolute Gasteiger partial charge is 0.311 e. The van der Waals surface area contributed by atoms with Gasteiger partial charge in [0.15, 0.2) is 0 Å². The van der Waals surface area contributed by atoms with E-state index in [9.17, 15) is 4.39 Å². The number of nitrogens with one attached hydrogen (secondary N) is 1. The van der Waals surface area contributed by atoms with Crippen molar-refractivity contribution < 1.29 is 4.39 Å². The molecule has 19 heavy (non-hydrogen) atoms. The first kappa shape index (κ1) is 14.5. The van der Waals surface area contributed by atoms with E-state index in [4.69, 9.17) is 0 Å². The van der Waals surface area contributed by atoms with Gasteiger partial charge in [-0.3, -0.25) is 0 Å². The SMILES string of the molecule is CC(Cc1cccc(F)c1)NC1CCN(C)C(C)C1. The summed E-state index contributed by atoms with van der Waals surface area (Å²) in [6.45, 7) is 5.63. The second kappa shape index (κ2) is 6.49. The molecule has 1 aromatic carbocycles. The third-order valence-corrected chi connectivity index (χ3v) is 4.16. The van der Waals surface area contributed by atoms with Crippen LogP contribution in [0.5, 0.6) is 0 Å². The predicted octanol–water partition coefficient (Wildman–Crippen LogP) is 2.83. The fourth-order valence-electron chi connectivity index (χ4n) is 2.92. The Morgan fingerprint density at radius 3 is 2.95 bits per heavy atom. The molecule has 106 valence electrons. The molecule has 1 aromatic rings. The van der Waals surface area contributed by atoms with Crippen LogP contribution >= 0.6 is 0 Å². The Labute approximate surface area is 116 Å². The summed E-state index contributed by atoms with van der Waals surface area (Å²) >= 11 is 0. The van der Waals surface area contributed by atoms with Crippen LogP contribution in [0.1, 0.15) is 32.3 Å². The summed E-state index contributed by atoms with van der Waals surface area (Å²) in [5.74, 6) is -0.141. The lowest BCUT2D eigenvalue weighted by Crippen LogP contribution is -2.48. The van der Waals surface area contributed by atoms with Crippen LogP contribution < -0.4 is 5.32 Å². The second-order valence-electron chi connectivity index (χ2n) is 5.95.